The zero-order valence-corrected chi connectivity index (χ0v) is 8.69. The molecule has 0 spiro atoms. The van der Waals surface area contributed by atoms with Gasteiger partial charge in [0, 0.05) is 0 Å². The minimum Gasteiger partial charge on any atom is -0.396 e. The van der Waals surface area contributed by atoms with Crippen molar-refractivity contribution < 1.29 is 30.2 Å². The summed E-state index contributed by atoms with van der Waals surface area (Å²) < 4.78 is 0. The van der Waals surface area contributed by atoms with E-state index in [9.17, 15) is 0 Å². The number of hydrogen-bond donors (Lipinski definition) is 7. The van der Waals surface area contributed by atoms with Crippen LogP contribution in [-0.4, -0.2) is 56.6 Å². The van der Waals surface area contributed by atoms with Gasteiger partial charge in [-0.05, 0) is 0 Å². The zero-order chi connectivity index (χ0) is 10.9. The van der Waals surface area contributed by atoms with Crippen LogP contribution in [0.1, 0.15) is 0 Å². The van der Waals surface area contributed by atoms with Crippen LogP contribution in [0.4, 0.5) is 0 Å². The second kappa shape index (κ2) is 9.11. The number of hydrogen-bond acceptors (Lipinski definition) is 7. The first-order valence-corrected chi connectivity index (χ1v) is 5.68. The fourth-order valence-electron chi connectivity index (χ4n) is 0.300. The second-order valence-corrected chi connectivity index (χ2v) is 4.01. The molecule has 0 rings (SSSR count). The lowest BCUT2D eigenvalue weighted by Gasteiger charge is -2.23. The largest absolute Gasteiger partial charge is 0.396 e. The third-order valence-corrected chi connectivity index (χ3v) is 1.34. The zero-order valence-electron chi connectivity index (χ0n) is 6.91. The summed E-state index contributed by atoms with van der Waals surface area (Å²) in [5.74, 6) is 0. The highest BCUT2D eigenvalue weighted by Crippen LogP contribution is 2.26. The van der Waals surface area contributed by atoms with Gasteiger partial charge in [-0.3, -0.25) is 0 Å². The lowest BCUT2D eigenvalue weighted by atomic mass is 9.93. The molecule has 0 aliphatic heterocycles. The predicted molar refractivity (Wildman–Crippen MR) is 51.1 cm³/mol. The minimum absolute atomic E-state index is 0.406. The highest BCUT2D eigenvalue weighted by Gasteiger charge is 2.26. The Bertz CT molecular complexity index is 88.9. The fraction of sp³-hybridized carbons (Fsp3) is 1.00. The van der Waals surface area contributed by atoms with Gasteiger partial charge in [0.25, 0.3) is 0 Å². The molecule has 82 valence electrons. The van der Waals surface area contributed by atoms with Gasteiger partial charge in [0.1, 0.15) is 0 Å². The number of aliphatic hydroxyl groups excluding tert-OH is 4. The first-order valence-electron chi connectivity index (χ1n) is 3.28. The summed E-state index contributed by atoms with van der Waals surface area (Å²) in [5.41, 5.74) is -1.11. The van der Waals surface area contributed by atoms with Crippen LogP contribution in [0, 0.1) is 5.41 Å². The van der Waals surface area contributed by atoms with E-state index in [2.05, 4.69) is 12.2 Å². The van der Waals surface area contributed by atoms with Gasteiger partial charge in [-0.2, -0.15) is 0 Å². The summed E-state index contributed by atoms with van der Waals surface area (Å²) >= 11 is 3.14. The molecule has 0 aromatic heterocycles. The molecule has 0 saturated carbocycles. The molecule has 0 aromatic rings. The second-order valence-electron chi connectivity index (χ2n) is 2.40. The molecule has 0 atom stereocenters. The van der Waals surface area contributed by atoms with E-state index in [1.54, 1.807) is 0 Å². The van der Waals surface area contributed by atoms with Gasteiger partial charge < -0.3 is 30.2 Å². The lowest BCUT2D eigenvalue weighted by Crippen LogP contribution is -2.37. The Morgan fingerprint density at radius 2 is 1.00 bits per heavy atom. The van der Waals surface area contributed by atoms with Crippen LogP contribution in [0.3, 0.4) is 0 Å². The Balaban J connectivity index is 0. The van der Waals surface area contributed by atoms with Crippen LogP contribution in [0.2, 0.25) is 0 Å². The number of rotatable bonds is 4. The Labute approximate surface area is 82.5 Å². The maximum Gasteiger partial charge on any atom is 0.229 e. The molecule has 0 aliphatic rings. The molecular weight excluding hydrogens is 219 g/mol. The summed E-state index contributed by atoms with van der Waals surface area (Å²) in [6.07, 6.45) is 0. The summed E-state index contributed by atoms with van der Waals surface area (Å²) in [4.78, 5) is 15.1. The van der Waals surface area contributed by atoms with Gasteiger partial charge >= 0.3 is 0 Å². The molecule has 0 unspecified atom stereocenters. The van der Waals surface area contributed by atoms with Crippen LogP contribution in [0.25, 0.3) is 0 Å². The molecule has 0 heterocycles. The Morgan fingerprint density at radius 1 is 0.846 bits per heavy atom. The molecule has 0 fully saturated rings. The van der Waals surface area contributed by atoms with E-state index in [4.69, 9.17) is 30.2 Å². The molecule has 6 N–H and O–H groups in total. The van der Waals surface area contributed by atoms with Gasteiger partial charge in [0.2, 0.25) is 7.58 Å². The minimum atomic E-state index is -1.93. The molecule has 0 amide bonds. The monoisotopic (exact) mass is 234 g/mol. The molecule has 13 heavy (non-hydrogen) atoms. The molecule has 6 nitrogen and oxygen atoms in total. The normalized spacial score (nSPS) is 11.1. The van der Waals surface area contributed by atoms with Crippen molar-refractivity contribution in [3.8, 4) is 0 Å². The van der Waals surface area contributed by atoms with Crippen LogP contribution in [0.5, 0.6) is 0 Å². The first-order chi connectivity index (χ1) is 5.97. The maximum atomic E-state index is 8.50. The SMILES string of the molecule is OCC(CO)(CO)CO.OP(O)S. The lowest BCUT2D eigenvalue weighted by molar-refractivity contribution is -0.0328. The van der Waals surface area contributed by atoms with Gasteiger partial charge in [0.15, 0.2) is 0 Å². The highest BCUT2D eigenvalue weighted by molar-refractivity contribution is 8.41. The van der Waals surface area contributed by atoms with E-state index in [0.29, 0.717) is 0 Å². The Morgan fingerprint density at radius 3 is 1.00 bits per heavy atom. The maximum absolute atomic E-state index is 8.50. The van der Waals surface area contributed by atoms with E-state index >= 15 is 0 Å². The Kier molecular flexibility index (Phi) is 11.2. The molecule has 8 heteroatoms. The van der Waals surface area contributed by atoms with E-state index in [1.165, 1.54) is 0 Å². The van der Waals surface area contributed by atoms with Crippen molar-refractivity contribution in [1.29, 1.82) is 0 Å². The highest BCUT2D eigenvalue weighted by atomic mass is 32.7. The van der Waals surface area contributed by atoms with Crippen molar-refractivity contribution in [1.82, 2.24) is 0 Å². The molecule has 0 radical (unpaired) electrons. The molecular formula is C5H15O6PS. The average Bonchev–Trinajstić information content (AvgIpc) is 2.09. The van der Waals surface area contributed by atoms with Crippen molar-refractivity contribution in [2.45, 2.75) is 0 Å². The summed E-state index contributed by atoms with van der Waals surface area (Å²) in [5, 5.41) is 34.0. The van der Waals surface area contributed by atoms with Crippen LogP contribution < -0.4 is 0 Å². The average molecular weight is 234 g/mol. The van der Waals surface area contributed by atoms with E-state index < -0.39 is 39.4 Å². The van der Waals surface area contributed by atoms with Crippen molar-refractivity contribution in [3.63, 3.8) is 0 Å². The van der Waals surface area contributed by atoms with Crippen LogP contribution >= 0.6 is 19.8 Å². The number of thiol groups is 1. The van der Waals surface area contributed by atoms with Gasteiger partial charge in [0.05, 0.1) is 31.8 Å². The smallest absolute Gasteiger partial charge is 0.229 e. The van der Waals surface area contributed by atoms with Crippen molar-refractivity contribution in [2.24, 2.45) is 5.41 Å². The first kappa shape index (κ1) is 16.0. The quantitative estimate of drug-likeness (QED) is 0.225. The van der Waals surface area contributed by atoms with Crippen molar-refractivity contribution >= 4 is 19.8 Å². The number of aliphatic hydroxyl groups is 4. The third kappa shape index (κ3) is 8.86. The summed E-state index contributed by atoms with van der Waals surface area (Å²) in [6.45, 7) is -1.62. The standard InChI is InChI=1S/C5H12O4.H3O2PS/c6-1-5(2-7,3-8)4-9;1-3(2)4/h6-9H,1-4H2;1-2,4H. The fourth-order valence-corrected chi connectivity index (χ4v) is 0.300. The third-order valence-electron chi connectivity index (χ3n) is 1.34. The van der Waals surface area contributed by atoms with Gasteiger partial charge in [-0.1, -0.05) is 12.2 Å². The topological polar surface area (TPSA) is 121 Å². The van der Waals surface area contributed by atoms with E-state index in [1.807, 2.05) is 0 Å². The summed E-state index contributed by atoms with van der Waals surface area (Å²) in [7, 11) is -1.93. The van der Waals surface area contributed by atoms with Crippen molar-refractivity contribution in [3.05, 3.63) is 0 Å². The van der Waals surface area contributed by atoms with Gasteiger partial charge in [-0.15, -0.1) is 0 Å². The molecule has 0 aromatic carbocycles. The summed E-state index contributed by atoms with van der Waals surface area (Å²) in [6, 6.07) is 0. The van der Waals surface area contributed by atoms with Crippen LogP contribution in [-0.2, 0) is 0 Å². The Hall–Kier alpha value is 0.540. The van der Waals surface area contributed by atoms with Crippen LogP contribution in [0.15, 0.2) is 0 Å². The molecule has 0 aliphatic carbocycles. The molecule has 0 bridgehead atoms. The molecule has 0 saturated heterocycles. The van der Waals surface area contributed by atoms with Gasteiger partial charge in [-0.25, -0.2) is 0 Å². The van der Waals surface area contributed by atoms with E-state index in [0.717, 1.165) is 0 Å². The van der Waals surface area contributed by atoms with Crippen molar-refractivity contribution in [2.75, 3.05) is 26.4 Å². The predicted octanol–water partition coefficient (Wildman–Crippen LogP) is -1.93. The van der Waals surface area contributed by atoms with E-state index in [-0.39, 0.29) is 0 Å².